The number of furan rings is 1. The average molecular weight is 355 g/mol. The number of hydrogen-bond donors (Lipinski definition) is 1. The van der Waals surface area contributed by atoms with Crippen LogP contribution >= 0.6 is 0 Å². The van der Waals surface area contributed by atoms with E-state index in [-0.39, 0.29) is 11.4 Å². The van der Waals surface area contributed by atoms with E-state index in [0.29, 0.717) is 6.54 Å². The third kappa shape index (κ3) is 4.47. The summed E-state index contributed by atoms with van der Waals surface area (Å²) < 4.78 is 5.40. The molecule has 0 radical (unpaired) electrons. The Morgan fingerprint density at radius 1 is 1.12 bits per heavy atom. The van der Waals surface area contributed by atoms with E-state index in [4.69, 9.17) is 4.42 Å². The van der Waals surface area contributed by atoms with Crippen molar-refractivity contribution in [2.75, 3.05) is 32.7 Å². The van der Waals surface area contributed by atoms with E-state index in [9.17, 15) is 4.79 Å². The van der Waals surface area contributed by atoms with Crippen LogP contribution in [0.1, 0.15) is 30.7 Å². The number of amides is 2. The predicted octanol–water partition coefficient (Wildman–Crippen LogP) is 3.39. The van der Waals surface area contributed by atoms with Crippen LogP contribution < -0.4 is 5.32 Å². The number of urea groups is 1. The van der Waals surface area contributed by atoms with Crippen molar-refractivity contribution in [1.29, 1.82) is 0 Å². The van der Waals surface area contributed by atoms with Crippen LogP contribution in [0, 0.1) is 6.92 Å². The molecule has 0 spiro atoms. The van der Waals surface area contributed by atoms with Gasteiger partial charge in [-0.15, -0.1) is 0 Å². The first kappa shape index (κ1) is 18.5. The van der Waals surface area contributed by atoms with E-state index < -0.39 is 0 Å². The van der Waals surface area contributed by atoms with E-state index in [1.54, 1.807) is 6.26 Å². The number of rotatable bonds is 5. The molecule has 1 saturated heterocycles. The van der Waals surface area contributed by atoms with Gasteiger partial charge in [0.15, 0.2) is 0 Å². The van der Waals surface area contributed by atoms with Gasteiger partial charge in [0, 0.05) is 38.1 Å². The van der Waals surface area contributed by atoms with E-state index in [0.717, 1.165) is 38.5 Å². The molecule has 1 aliphatic heterocycles. The molecule has 1 N–H and O–H groups in total. The molecule has 0 saturated carbocycles. The molecule has 1 fully saturated rings. The second-order valence-corrected chi connectivity index (χ2v) is 7.70. The molecule has 2 heterocycles. The minimum absolute atomic E-state index is 0.0318. The Morgan fingerprint density at radius 3 is 2.50 bits per heavy atom. The molecule has 0 atom stereocenters. The summed E-state index contributed by atoms with van der Waals surface area (Å²) in [6, 6.07) is 12.3. The maximum atomic E-state index is 12.6. The largest absolute Gasteiger partial charge is 0.468 e. The summed E-state index contributed by atoms with van der Waals surface area (Å²) in [5.74, 6) is 0.975. The zero-order chi connectivity index (χ0) is 18.6. The van der Waals surface area contributed by atoms with Crippen LogP contribution in [0.5, 0.6) is 0 Å². The molecular formula is C21H29N3O2. The molecular weight excluding hydrogens is 326 g/mol. The molecule has 0 unspecified atom stereocenters. The van der Waals surface area contributed by atoms with Gasteiger partial charge in [-0.3, -0.25) is 4.90 Å². The fourth-order valence-electron chi connectivity index (χ4n) is 3.57. The van der Waals surface area contributed by atoms with Gasteiger partial charge in [0.25, 0.3) is 0 Å². The van der Waals surface area contributed by atoms with Crippen LogP contribution in [0.25, 0.3) is 0 Å². The third-order valence-corrected chi connectivity index (χ3v) is 5.17. The summed E-state index contributed by atoms with van der Waals surface area (Å²) in [4.78, 5) is 16.8. The first-order valence-corrected chi connectivity index (χ1v) is 9.29. The number of aryl methyl sites for hydroxylation is 1. The number of carbonyl (C=O) groups excluding carboxylic acids is 1. The van der Waals surface area contributed by atoms with Crippen LogP contribution in [0.4, 0.5) is 4.79 Å². The molecule has 1 aliphatic rings. The van der Waals surface area contributed by atoms with Crippen molar-refractivity contribution >= 4 is 6.03 Å². The highest BCUT2D eigenvalue weighted by atomic mass is 16.3. The summed E-state index contributed by atoms with van der Waals surface area (Å²) in [6.07, 6.45) is 1.70. The van der Waals surface area contributed by atoms with Crippen molar-refractivity contribution in [1.82, 2.24) is 15.1 Å². The lowest BCUT2D eigenvalue weighted by Gasteiger charge is -2.35. The minimum Gasteiger partial charge on any atom is -0.468 e. The van der Waals surface area contributed by atoms with Crippen LogP contribution in [0.3, 0.4) is 0 Å². The van der Waals surface area contributed by atoms with Crippen molar-refractivity contribution in [3.8, 4) is 0 Å². The van der Waals surface area contributed by atoms with Gasteiger partial charge in [0.2, 0.25) is 0 Å². The zero-order valence-electron chi connectivity index (χ0n) is 16.0. The number of piperazine rings is 1. The lowest BCUT2D eigenvalue weighted by molar-refractivity contribution is 0.129. The van der Waals surface area contributed by atoms with Gasteiger partial charge in [-0.05, 0) is 30.2 Å². The minimum atomic E-state index is -0.0951. The predicted molar refractivity (Wildman–Crippen MR) is 103 cm³/mol. The van der Waals surface area contributed by atoms with Gasteiger partial charge in [-0.25, -0.2) is 4.79 Å². The lowest BCUT2D eigenvalue weighted by Crippen LogP contribution is -2.52. The van der Waals surface area contributed by atoms with Crippen molar-refractivity contribution in [3.63, 3.8) is 0 Å². The second kappa shape index (κ2) is 7.96. The molecule has 2 amide bonds. The lowest BCUT2D eigenvalue weighted by atomic mass is 9.82. The van der Waals surface area contributed by atoms with Crippen molar-refractivity contribution in [2.24, 2.45) is 0 Å². The number of nitrogens with one attached hydrogen (secondary N) is 1. The van der Waals surface area contributed by atoms with Crippen LogP contribution in [0.2, 0.25) is 0 Å². The van der Waals surface area contributed by atoms with Crippen LogP contribution in [0.15, 0.2) is 47.1 Å². The molecule has 5 heteroatoms. The van der Waals surface area contributed by atoms with Crippen molar-refractivity contribution in [3.05, 3.63) is 59.5 Å². The van der Waals surface area contributed by atoms with Crippen molar-refractivity contribution in [2.45, 2.75) is 32.7 Å². The Hall–Kier alpha value is -2.27. The summed E-state index contributed by atoms with van der Waals surface area (Å²) in [7, 11) is 0. The zero-order valence-corrected chi connectivity index (χ0v) is 16.0. The number of hydrogen-bond acceptors (Lipinski definition) is 3. The average Bonchev–Trinajstić information content (AvgIpc) is 3.14. The van der Waals surface area contributed by atoms with Gasteiger partial charge in [0.05, 0.1) is 12.8 Å². The number of carbonyl (C=O) groups is 1. The summed E-state index contributed by atoms with van der Waals surface area (Å²) >= 11 is 0. The first-order valence-electron chi connectivity index (χ1n) is 9.29. The van der Waals surface area contributed by atoms with Crippen molar-refractivity contribution < 1.29 is 9.21 Å². The molecule has 5 nitrogen and oxygen atoms in total. The SMILES string of the molecule is Cc1ccccc1C(C)(C)CNC(=O)N1CCN(Cc2ccco2)CC1. The topological polar surface area (TPSA) is 48.7 Å². The molecule has 2 aromatic rings. The Labute approximate surface area is 156 Å². The first-order chi connectivity index (χ1) is 12.5. The summed E-state index contributed by atoms with van der Waals surface area (Å²) in [6.45, 7) is 11.1. The van der Waals surface area contributed by atoms with Gasteiger partial charge < -0.3 is 14.6 Å². The molecule has 1 aromatic heterocycles. The molecule has 1 aromatic carbocycles. The highest BCUT2D eigenvalue weighted by molar-refractivity contribution is 5.74. The van der Waals surface area contributed by atoms with Gasteiger partial charge in [-0.2, -0.15) is 0 Å². The fraction of sp³-hybridized carbons (Fsp3) is 0.476. The smallest absolute Gasteiger partial charge is 0.317 e. The highest BCUT2D eigenvalue weighted by Gasteiger charge is 2.26. The van der Waals surface area contributed by atoms with Crippen LogP contribution in [-0.2, 0) is 12.0 Å². The molecule has 3 rings (SSSR count). The van der Waals surface area contributed by atoms with Crippen LogP contribution in [-0.4, -0.2) is 48.6 Å². The Kier molecular flexibility index (Phi) is 5.67. The second-order valence-electron chi connectivity index (χ2n) is 7.70. The normalized spacial score (nSPS) is 15.9. The standard InChI is InChI=1S/C21H29N3O2/c1-17-7-4-5-9-19(17)21(2,3)16-22-20(25)24-12-10-23(11-13-24)15-18-8-6-14-26-18/h4-9,14H,10-13,15-16H2,1-3H3,(H,22,25). The van der Waals surface area contributed by atoms with Gasteiger partial charge in [-0.1, -0.05) is 38.1 Å². The molecule has 140 valence electrons. The maximum Gasteiger partial charge on any atom is 0.317 e. The Balaban J connectivity index is 1.48. The number of benzene rings is 1. The fourth-order valence-corrected chi connectivity index (χ4v) is 3.57. The van der Waals surface area contributed by atoms with E-state index in [2.05, 4.69) is 55.3 Å². The van der Waals surface area contributed by atoms with E-state index in [1.165, 1.54) is 11.1 Å². The monoisotopic (exact) mass is 355 g/mol. The summed E-state index contributed by atoms with van der Waals surface area (Å²) in [5, 5.41) is 3.13. The summed E-state index contributed by atoms with van der Waals surface area (Å²) in [5.41, 5.74) is 2.45. The highest BCUT2D eigenvalue weighted by Crippen LogP contribution is 2.25. The quantitative estimate of drug-likeness (QED) is 0.894. The van der Waals surface area contributed by atoms with E-state index in [1.807, 2.05) is 17.0 Å². The van der Waals surface area contributed by atoms with E-state index >= 15 is 0 Å². The van der Waals surface area contributed by atoms with Gasteiger partial charge >= 0.3 is 6.03 Å². The number of nitrogens with zero attached hydrogens (tertiary/aromatic N) is 2. The Morgan fingerprint density at radius 2 is 1.85 bits per heavy atom. The third-order valence-electron chi connectivity index (χ3n) is 5.17. The Bertz CT molecular complexity index is 717. The molecule has 0 aliphatic carbocycles. The molecule has 0 bridgehead atoms. The molecule has 26 heavy (non-hydrogen) atoms. The van der Waals surface area contributed by atoms with Gasteiger partial charge in [0.1, 0.15) is 5.76 Å². The maximum absolute atomic E-state index is 12.6.